The number of hydrogen-bond acceptors (Lipinski definition) is 2. The van der Waals surface area contributed by atoms with Crippen LogP contribution in [0.3, 0.4) is 0 Å². The zero-order chi connectivity index (χ0) is 10.7. The molecule has 15 heavy (non-hydrogen) atoms. The Morgan fingerprint density at radius 2 is 2.20 bits per heavy atom. The molecule has 84 valence electrons. The van der Waals surface area contributed by atoms with Crippen molar-refractivity contribution in [3.8, 4) is 0 Å². The molecular weight excluding hydrogens is 188 g/mol. The summed E-state index contributed by atoms with van der Waals surface area (Å²) < 4.78 is 5.99. The predicted octanol–water partition coefficient (Wildman–Crippen LogP) is 2.56. The summed E-state index contributed by atoms with van der Waals surface area (Å²) in [7, 11) is 0. The number of hydrogen-bond donors (Lipinski definition) is 0. The van der Waals surface area contributed by atoms with Crippen LogP contribution in [-0.2, 0) is 9.53 Å². The summed E-state index contributed by atoms with van der Waals surface area (Å²) in [5.74, 6) is 1.35. The SMILES string of the molecule is CCO[C@]12CC[C@]3(C)C(=O)[C@H]1CC[C@@H]3C2. The van der Waals surface area contributed by atoms with E-state index in [4.69, 9.17) is 4.74 Å². The molecule has 0 unspecified atom stereocenters. The Morgan fingerprint density at radius 3 is 2.87 bits per heavy atom. The molecule has 0 aromatic rings. The highest BCUT2D eigenvalue weighted by molar-refractivity contribution is 5.91. The fourth-order valence-electron chi connectivity index (χ4n) is 4.40. The average Bonchev–Trinajstić information content (AvgIpc) is 2.22. The van der Waals surface area contributed by atoms with Crippen LogP contribution in [0.4, 0.5) is 0 Å². The monoisotopic (exact) mass is 208 g/mol. The minimum atomic E-state index is -0.0491. The Balaban J connectivity index is 2.01. The molecule has 5 saturated carbocycles. The van der Waals surface area contributed by atoms with Crippen molar-refractivity contribution in [1.29, 1.82) is 0 Å². The predicted molar refractivity (Wildman–Crippen MR) is 57.5 cm³/mol. The summed E-state index contributed by atoms with van der Waals surface area (Å²) in [4.78, 5) is 12.4. The third-order valence-corrected chi connectivity index (χ3v) is 5.31. The van der Waals surface area contributed by atoms with Gasteiger partial charge >= 0.3 is 0 Å². The van der Waals surface area contributed by atoms with Gasteiger partial charge in [-0.2, -0.15) is 0 Å². The van der Waals surface area contributed by atoms with E-state index < -0.39 is 0 Å². The van der Waals surface area contributed by atoms with E-state index in [1.807, 2.05) is 0 Å². The molecule has 5 fully saturated rings. The van der Waals surface area contributed by atoms with Crippen LogP contribution < -0.4 is 0 Å². The van der Waals surface area contributed by atoms with Gasteiger partial charge in [-0.3, -0.25) is 4.79 Å². The number of ether oxygens (including phenoxy) is 1. The fourth-order valence-corrected chi connectivity index (χ4v) is 4.40. The van der Waals surface area contributed by atoms with E-state index >= 15 is 0 Å². The van der Waals surface area contributed by atoms with Gasteiger partial charge in [0.2, 0.25) is 0 Å². The van der Waals surface area contributed by atoms with Gasteiger partial charge in [0.1, 0.15) is 5.78 Å². The van der Waals surface area contributed by atoms with Crippen molar-refractivity contribution >= 4 is 5.78 Å². The lowest BCUT2D eigenvalue weighted by Crippen LogP contribution is -2.66. The number of ketones is 1. The van der Waals surface area contributed by atoms with Crippen molar-refractivity contribution in [2.24, 2.45) is 17.3 Å². The molecule has 0 amide bonds. The van der Waals surface area contributed by atoms with E-state index in [1.165, 1.54) is 6.42 Å². The number of carbonyl (C=O) groups excluding carboxylic acids is 1. The summed E-state index contributed by atoms with van der Waals surface area (Å²) in [6.45, 7) is 5.00. The molecule has 2 heteroatoms. The van der Waals surface area contributed by atoms with Gasteiger partial charge in [-0.25, -0.2) is 0 Å². The maximum atomic E-state index is 12.4. The molecule has 2 nitrogen and oxygen atoms in total. The van der Waals surface area contributed by atoms with Crippen molar-refractivity contribution in [2.45, 2.75) is 51.6 Å². The largest absolute Gasteiger partial charge is 0.375 e. The summed E-state index contributed by atoms with van der Waals surface area (Å²) in [5, 5.41) is 0. The van der Waals surface area contributed by atoms with Crippen LogP contribution in [0.2, 0.25) is 0 Å². The first kappa shape index (κ1) is 9.83. The smallest absolute Gasteiger partial charge is 0.144 e. The van der Waals surface area contributed by atoms with E-state index in [2.05, 4.69) is 13.8 Å². The molecule has 0 aromatic carbocycles. The highest BCUT2D eigenvalue weighted by Crippen LogP contribution is 2.63. The summed E-state index contributed by atoms with van der Waals surface area (Å²) in [6, 6.07) is 0. The second-order valence-electron chi connectivity index (χ2n) is 5.81. The second-order valence-corrected chi connectivity index (χ2v) is 5.81. The van der Waals surface area contributed by atoms with Gasteiger partial charge in [0, 0.05) is 17.9 Å². The minimum absolute atomic E-state index is 0.0156. The van der Waals surface area contributed by atoms with E-state index in [0.29, 0.717) is 11.7 Å². The van der Waals surface area contributed by atoms with Crippen molar-refractivity contribution in [3.63, 3.8) is 0 Å². The van der Waals surface area contributed by atoms with E-state index in [1.54, 1.807) is 0 Å². The number of carbonyl (C=O) groups is 1. The zero-order valence-corrected chi connectivity index (χ0v) is 9.71. The van der Waals surface area contributed by atoms with Gasteiger partial charge in [-0.05, 0) is 44.9 Å². The molecule has 5 aliphatic carbocycles. The third kappa shape index (κ3) is 1.01. The van der Waals surface area contributed by atoms with Crippen LogP contribution in [0.5, 0.6) is 0 Å². The molecule has 0 aromatic heterocycles. The Kier molecular flexibility index (Phi) is 1.87. The molecule has 0 spiro atoms. The minimum Gasteiger partial charge on any atom is -0.375 e. The van der Waals surface area contributed by atoms with Crippen LogP contribution in [0.1, 0.15) is 46.0 Å². The number of rotatable bonds is 2. The number of Topliss-reactive ketones (excluding diaryl/α,β-unsaturated/α-hetero) is 1. The van der Waals surface area contributed by atoms with Gasteiger partial charge < -0.3 is 4.74 Å². The quantitative estimate of drug-likeness (QED) is 0.697. The van der Waals surface area contributed by atoms with Crippen LogP contribution in [0, 0.1) is 17.3 Å². The van der Waals surface area contributed by atoms with Crippen molar-refractivity contribution < 1.29 is 9.53 Å². The van der Waals surface area contributed by atoms with Crippen molar-refractivity contribution in [1.82, 2.24) is 0 Å². The Morgan fingerprint density at radius 1 is 1.40 bits per heavy atom. The topological polar surface area (TPSA) is 26.3 Å². The summed E-state index contributed by atoms with van der Waals surface area (Å²) in [5.41, 5.74) is -0.0335. The lowest BCUT2D eigenvalue weighted by molar-refractivity contribution is -0.212. The van der Waals surface area contributed by atoms with Crippen LogP contribution >= 0.6 is 0 Å². The highest BCUT2D eigenvalue weighted by Gasteiger charge is 2.65. The summed E-state index contributed by atoms with van der Waals surface area (Å²) in [6.07, 6.45) is 5.66. The molecule has 0 heterocycles. The van der Waals surface area contributed by atoms with Gasteiger partial charge in [0.05, 0.1) is 5.60 Å². The molecule has 5 rings (SSSR count). The van der Waals surface area contributed by atoms with Crippen molar-refractivity contribution in [2.75, 3.05) is 6.61 Å². The van der Waals surface area contributed by atoms with Crippen LogP contribution in [-0.4, -0.2) is 18.0 Å². The van der Waals surface area contributed by atoms with Gasteiger partial charge in [-0.15, -0.1) is 0 Å². The molecular formula is C13H20O2. The Labute approximate surface area is 91.4 Å². The molecule has 5 aliphatic rings. The molecule has 0 aliphatic heterocycles. The standard InChI is InChI=1S/C13H20O2/c1-3-15-13-7-6-12(2)9(8-13)4-5-10(13)11(12)14/h9-10H,3-8H2,1-2H3/t9-,10-,12+,13+/m1/s1. The Hall–Kier alpha value is -0.370. The number of fused-ring (bicyclic) bond motifs is 2. The lowest BCUT2D eigenvalue weighted by atomic mass is 9.44. The fraction of sp³-hybridized carbons (Fsp3) is 0.923. The molecule has 0 N–H and O–H groups in total. The van der Waals surface area contributed by atoms with Crippen LogP contribution in [0.25, 0.3) is 0 Å². The maximum absolute atomic E-state index is 12.4. The van der Waals surface area contributed by atoms with Crippen molar-refractivity contribution in [3.05, 3.63) is 0 Å². The molecule has 4 bridgehead atoms. The van der Waals surface area contributed by atoms with E-state index in [0.717, 1.165) is 32.3 Å². The first-order valence-corrected chi connectivity index (χ1v) is 6.31. The first-order chi connectivity index (χ1) is 7.12. The third-order valence-electron chi connectivity index (χ3n) is 5.31. The van der Waals surface area contributed by atoms with Crippen LogP contribution in [0.15, 0.2) is 0 Å². The van der Waals surface area contributed by atoms with Gasteiger partial charge in [-0.1, -0.05) is 6.92 Å². The second kappa shape index (κ2) is 2.85. The molecule has 0 radical (unpaired) electrons. The average molecular weight is 208 g/mol. The normalized spacial score (nSPS) is 52.5. The lowest BCUT2D eigenvalue weighted by Gasteiger charge is -2.62. The van der Waals surface area contributed by atoms with Gasteiger partial charge in [0.15, 0.2) is 0 Å². The Bertz CT molecular complexity index is 312. The molecule has 0 saturated heterocycles. The maximum Gasteiger partial charge on any atom is 0.144 e. The van der Waals surface area contributed by atoms with Gasteiger partial charge in [0.25, 0.3) is 0 Å². The van der Waals surface area contributed by atoms with E-state index in [9.17, 15) is 4.79 Å². The highest BCUT2D eigenvalue weighted by atomic mass is 16.5. The van der Waals surface area contributed by atoms with E-state index in [-0.39, 0.29) is 16.9 Å². The summed E-state index contributed by atoms with van der Waals surface area (Å²) >= 11 is 0. The molecule has 4 atom stereocenters. The zero-order valence-electron chi connectivity index (χ0n) is 9.71. The first-order valence-electron chi connectivity index (χ1n) is 6.31.